The first-order chi connectivity index (χ1) is 14.1. The summed E-state index contributed by atoms with van der Waals surface area (Å²) in [4.78, 5) is 11.8. The van der Waals surface area contributed by atoms with Crippen LogP contribution in [0.15, 0.2) is 0 Å². The van der Waals surface area contributed by atoms with Crippen LogP contribution in [-0.2, 0) is 24.3 Å². The zero-order valence-corrected chi connectivity index (χ0v) is 24.7. The Morgan fingerprint density at radius 1 is 0.710 bits per heavy atom. The second-order valence-corrected chi connectivity index (χ2v) is 8.39. The van der Waals surface area contributed by atoms with Gasteiger partial charge in [0.05, 0.1) is 0 Å². The largest absolute Gasteiger partial charge is 0.487 e. The van der Waals surface area contributed by atoms with Gasteiger partial charge in [-0.25, -0.2) is 0 Å². The van der Waals surface area contributed by atoms with E-state index in [1.165, 1.54) is 88.4 Å². The molecule has 0 rings (SSSR count). The molecular weight excluding hydrogens is 486 g/mol. The van der Waals surface area contributed by atoms with Crippen LogP contribution >= 0.6 is 24.4 Å². The first kappa shape index (κ1) is 37.8. The molecule has 0 amide bonds. The molecule has 0 spiro atoms. The van der Waals surface area contributed by atoms with Crippen molar-refractivity contribution in [1.82, 2.24) is 4.90 Å². The predicted molar refractivity (Wildman–Crippen MR) is 136 cm³/mol. The molecule has 5 N–H and O–H groups in total. The monoisotopic (exact) mass is 530 g/mol. The number of aliphatic hydroxyl groups excluding tert-OH is 2. The molecule has 0 saturated heterocycles. The van der Waals surface area contributed by atoms with E-state index < -0.39 is 11.1 Å². The topological polar surface area (TPSA) is 107 Å². The summed E-state index contributed by atoms with van der Waals surface area (Å²) in [6.45, 7) is 2.27. The van der Waals surface area contributed by atoms with Crippen LogP contribution in [-0.4, -0.2) is 50.6 Å². The number of carboxylic acids is 1. The summed E-state index contributed by atoms with van der Waals surface area (Å²) in [6, 6.07) is 0. The molecule has 0 aromatic carbocycles. The molecule has 0 aliphatic rings. The number of aliphatic hydroxyl groups is 2. The quantitative estimate of drug-likeness (QED) is 0.101. The molecule has 0 aliphatic heterocycles. The number of carbonyl (C=O) groups is 1. The van der Waals surface area contributed by atoms with Gasteiger partial charge in [-0.2, -0.15) is 0 Å². The summed E-state index contributed by atoms with van der Waals surface area (Å²) >= 11 is 8.17. The van der Waals surface area contributed by atoms with Crippen LogP contribution in [0.3, 0.4) is 0 Å². The number of hydrogen-bond acceptors (Lipinski definition) is 3. The first-order valence-electron chi connectivity index (χ1n) is 11.3. The van der Waals surface area contributed by atoms with E-state index in [2.05, 4.69) is 37.1 Å². The maximum Gasteiger partial charge on any atom is 0.303 e. The number of carboxylic acid groups (broad SMARTS) is 1. The van der Waals surface area contributed by atoms with Crippen molar-refractivity contribution < 1.29 is 39.6 Å². The Morgan fingerprint density at radius 3 is 1.13 bits per heavy atom. The van der Waals surface area contributed by atoms with Crippen molar-refractivity contribution in [2.24, 2.45) is 5.73 Å². The smallest absolute Gasteiger partial charge is 0.303 e. The molecule has 6 nitrogen and oxygen atoms in total. The molecule has 0 heterocycles. The molecule has 0 aliphatic carbocycles. The molecule has 0 aromatic heterocycles. The summed E-state index contributed by atoms with van der Waals surface area (Å²) in [5.41, 5.74) is 4.40. The van der Waals surface area contributed by atoms with Crippen molar-refractivity contribution in [2.75, 3.05) is 14.1 Å². The zero-order chi connectivity index (χ0) is 23.6. The van der Waals surface area contributed by atoms with Gasteiger partial charge in [0.2, 0.25) is 0 Å². The van der Waals surface area contributed by atoms with Gasteiger partial charge in [0.25, 0.3) is 10.3 Å². The number of aliphatic carboxylic acids is 1. The minimum Gasteiger partial charge on any atom is -0.487 e. The molecule has 31 heavy (non-hydrogen) atoms. The van der Waals surface area contributed by atoms with E-state index in [9.17, 15) is 4.79 Å². The average molecular weight is 532 g/mol. The van der Waals surface area contributed by atoms with E-state index in [1.54, 1.807) is 14.1 Å². The van der Waals surface area contributed by atoms with Crippen LogP contribution in [0.4, 0.5) is 0 Å². The maximum absolute atomic E-state index is 10.3. The van der Waals surface area contributed by atoms with Crippen molar-refractivity contribution in [3.05, 3.63) is 0 Å². The second-order valence-electron chi connectivity index (χ2n) is 7.61. The van der Waals surface area contributed by atoms with Gasteiger partial charge in [0.1, 0.15) is 0 Å². The third kappa shape index (κ3) is 53.1. The Kier molecular flexibility index (Phi) is 38.6. The Balaban J connectivity index is -0.000000275. The van der Waals surface area contributed by atoms with E-state index in [1.807, 2.05) is 0 Å². The molecule has 0 bridgehead atoms. The third-order valence-corrected chi connectivity index (χ3v) is 4.74. The standard InChI is InChI=1S/C18H36O2.C3H7NOS.CH3NOS.Zn/c1-2-3-4-5-6-7-8-9-10-11-12-13-14-15-16-17-18(19)20;1-4(2)3(5)6;2-1(3)4;/h2-17H2,1H3,(H,19,20);1-2H3,(H,5,6);(H3,2,3,4);. The minimum absolute atomic E-state index is 0. The zero-order valence-electron chi connectivity index (χ0n) is 20.1. The second kappa shape index (κ2) is 31.7. The van der Waals surface area contributed by atoms with Crippen LogP contribution in [0.2, 0.25) is 0 Å². The van der Waals surface area contributed by atoms with Crippen molar-refractivity contribution >= 4 is 40.8 Å². The number of nitrogens with two attached hydrogens (primary N) is 1. The van der Waals surface area contributed by atoms with Crippen molar-refractivity contribution in [2.45, 2.75) is 110 Å². The van der Waals surface area contributed by atoms with E-state index in [0.717, 1.165) is 12.8 Å². The molecule has 0 saturated carbocycles. The van der Waals surface area contributed by atoms with Gasteiger partial charge in [-0.3, -0.25) is 4.79 Å². The number of unbranched alkanes of at least 4 members (excludes halogenated alkanes) is 14. The van der Waals surface area contributed by atoms with E-state index in [4.69, 9.17) is 15.3 Å². The van der Waals surface area contributed by atoms with Gasteiger partial charge < -0.3 is 26.0 Å². The van der Waals surface area contributed by atoms with Gasteiger partial charge in [0.15, 0.2) is 0 Å². The van der Waals surface area contributed by atoms with Crippen LogP contribution in [0, 0.1) is 0 Å². The summed E-state index contributed by atoms with van der Waals surface area (Å²) < 4.78 is 0. The van der Waals surface area contributed by atoms with Gasteiger partial charge in [-0.15, -0.1) is 0 Å². The Hall–Kier alpha value is -0.527. The SMILES string of the molecule is CCCCCCCCCCCCCCCCCC(=O)O.CN(C)C(O)=S.NC(O)=S.[Zn]. The molecule has 182 valence electrons. The van der Waals surface area contributed by atoms with Gasteiger partial charge >= 0.3 is 5.97 Å². The van der Waals surface area contributed by atoms with Gasteiger partial charge in [0, 0.05) is 40.0 Å². The Bertz CT molecular complexity index is 411. The van der Waals surface area contributed by atoms with E-state index in [0.29, 0.717) is 6.42 Å². The van der Waals surface area contributed by atoms with Crippen LogP contribution in [0.1, 0.15) is 110 Å². The van der Waals surface area contributed by atoms with E-state index in [-0.39, 0.29) is 24.7 Å². The average Bonchev–Trinajstić information content (AvgIpc) is 2.64. The van der Waals surface area contributed by atoms with E-state index >= 15 is 0 Å². The fraction of sp³-hybridized carbons (Fsp3) is 0.864. The Morgan fingerprint density at radius 2 is 0.935 bits per heavy atom. The molecular formula is C22H46N2O4S2Zn. The summed E-state index contributed by atoms with van der Waals surface area (Å²) in [5.74, 6) is -0.653. The summed E-state index contributed by atoms with van der Waals surface area (Å²) in [5, 5.41) is 23.8. The van der Waals surface area contributed by atoms with Gasteiger partial charge in [-0.1, -0.05) is 96.8 Å². The molecule has 0 aromatic rings. The number of rotatable bonds is 16. The molecule has 9 heteroatoms. The molecule has 0 radical (unpaired) electrons. The van der Waals surface area contributed by atoms with Gasteiger partial charge in [-0.05, 0) is 30.9 Å². The minimum atomic E-state index is -0.653. The molecule has 0 fully saturated rings. The number of thiocarbonyl (C=S) groups is 2. The Labute approximate surface area is 214 Å². The number of nitrogens with zero attached hydrogens (tertiary/aromatic N) is 1. The fourth-order valence-electron chi connectivity index (χ4n) is 2.65. The van der Waals surface area contributed by atoms with Crippen molar-refractivity contribution in [1.29, 1.82) is 0 Å². The number of hydrogen-bond donors (Lipinski definition) is 4. The summed E-state index contributed by atoms with van der Waals surface area (Å²) in [7, 11) is 3.37. The summed E-state index contributed by atoms with van der Waals surface area (Å²) in [6.07, 6.45) is 20.2. The van der Waals surface area contributed by atoms with Crippen LogP contribution < -0.4 is 5.73 Å². The van der Waals surface area contributed by atoms with Crippen molar-refractivity contribution in [3.63, 3.8) is 0 Å². The van der Waals surface area contributed by atoms with Crippen LogP contribution in [0.25, 0.3) is 0 Å². The molecule has 0 unspecified atom stereocenters. The normalized spacial score (nSPS) is 9.26. The first-order valence-corrected chi connectivity index (χ1v) is 12.1. The molecule has 0 atom stereocenters. The third-order valence-electron chi connectivity index (χ3n) is 4.38. The maximum atomic E-state index is 10.3. The van der Waals surface area contributed by atoms with Crippen molar-refractivity contribution in [3.8, 4) is 0 Å². The fourth-order valence-corrected chi connectivity index (χ4v) is 2.65. The predicted octanol–water partition coefficient (Wildman–Crippen LogP) is 6.51. The van der Waals surface area contributed by atoms with Crippen LogP contribution in [0.5, 0.6) is 0 Å².